The van der Waals surface area contributed by atoms with E-state index in [1.54, 1.807) is 0 Å². The second kappa shape index (κ2) is 12.0. The van der Waals surface area contributed by atoms with Crippen molar-refractivity contribution in [3.8, 4) is 5.75 Å². The number of benzene rings is 1. The lowest BCUT2D eigenvalue weighted by molar-refractivity contribution is -0.127. The molecule has 0 atom stereocenters. The van der Waals surface area contributed by atoms with Gasteiger partial charge in [-0.2, -0.15) is 0 Å². The topological polar surface area (TPSA) is 58.1 Å². The Hall–Kier alpha value is -2.00. The largest absolute Gasteiger partial charge is 0.492 e. The lowest BCUT2D eigenvalue weighted by Crippen LogP contribution is -2.58. The van der Waals surface area contributed by atoms with Gasteiger partial charge in [0.25, 0.3) is 5.91 Å². The molecule has 3 aliphatic heterocycles. The van der Waals surface area contributed by atoms with Crippen LogP contribution in [0.2, 0.25) is 0 Å². The summed E-state index contributed by atoms with van der Waals surface area (Å²) in [5.74, 6) is 0.989. The lowest BCUT2D eigenvalue weighted by Gasteiger charge is -2.47. The minimum atomic E-state index is -0.222. The number of ether oxygens (including phenoxy) is 2. The molecule has 5 rings (SSSR count). The minimum Gasteiger partial charge on any atom is -0.492 e. The van der Waals surface area contributed by atoms with E-state index in [1.807, 2.05) is 17.2 Å². The molecule has 4 heterocycles. The zero-order valence-electron chi connectivity index (χ0n) is 21.6. The number of rotatable bonds is 8. The van der Waals surface area contributed by atoms with Crippen LogP contribution in [0, 0.1) is 6.92 Å². The number of piperidine rings is 2. The van der Waals surface area contributed by atoms with Crippen molar-refractivity contribution in [2.45, 2.75) is 51.0 Å². The number of hydrogen-bond donors (Lipinski definition) is 0. The van der Waals surface area contributed by atoms with Gasteiger partial charge >= 0.3 is 0 Å². The molecule has 0 bridgehead atoms. The normalized spacial score (nSPS) is 21.1. The third-order valence-electron chi connectivity index (χ3n) is 7.91. The highest BCUT2D eigenvalue weighted by Gasteiger charge is 2.41. The van der Waals surface area contributed by atoms with E-state index >= 15 is 0 Å². The van der Waals surface area contributed by atoms with Gasteiger partial charge in [-0.3, -0.25) is 9.69 Å². The van der Waals surface area contributed by atoms with Crippen LogP contribution >= 0.6 is 11.3 Å². The summed E-state index contributed by atoms with van der Waals surface area (Å²) in [6.07, 6.45) is 7.09. The third kappa shape index (κ3) is 6.65. The van der Waals surface area contributed by atoms with E-state index in [1.165, 1.54) is 49.3 Å². The van der Waals surface area contributed by atoms with E-state index in [2.05, 4.69) is 39.0 Å². The number of amides is 1. The number of nitrogens with zero attached hydrogens (tertiary/aromatic N) is 4. The van der Waals surface area contributed by atoms with Crippen molar-refractivity contribution in [3.63, 3.8) is 0 Å². The maximum atomic E-state index is 12.9. The molecule has 0 N–H and O–H groups in total. The summed E-state index contributed by atoms with van der Waals surface area (Å²) in [7, 11) is 0. The van der Waals surface area contributed by atoms with Crippen LogP contribution in [0.25, 0.3) is 0 Å². The highest BCUT2D eigenvalue weighted by atomic mass is 32.1. The van der Waals surface area contributed by atoms with Gasteiger partial charge in [0.05, 0.1) is 23.8 Å². The molecule has 2 aromatic rings. The van der Waals surface area contributed by atoms with Crippen molar-refractivity contribution in [1.82, 2.24) is 19.7 Å². The number of aromatic nitrogens is 1. The first-order valence-electron chi connectivity index (χ1n) is 13.6. The Morgan fingerprint density at radius 1 is 1.03 bits per heavy atom. The van der Waals surface area contributed by atoms with Crippen molar-refractivity contribution in [2.75, 3.05) is 65.6 Å². The van der Waals surface area contributed by atoms with Crippen molar-refractivity contribution < 1.29 is 14.3 Å². The molecule has 0 unspecified atom stereocenters. The second-order valence-electron chi connectivity index (χ2n) is 10.5. The highest BCUT2D eigenvalue weighted by molar-refractivity contribution is 7.09. The molecule has 1 aromatic carbocycles. The van der Waals surface area contributed by atoms with Gasteiger partial charge in [-0.15, -0.1) is 11.3 Å². The molecule has 1 amide bonds. The quantitative estimate of drug-likeness (QED) is 0.535. The van der Waals surface area contributed by atoms with Gasteiger partial charge in [-0.05, 0) is 69.8 Å². The van der Waals surface area contributed by atoms with E-state index < -0.39 is 0 Å². The summed E-state index contributed by atoms with van der Waals surface area (Å²) in [4.78, 5) is 24.3. The number of likely N-dealkylation sites (tertiary alicyclic amines) is 2. The lowest BCUT2D eigenvalue weighted by atomic mass is 9.89. The van der Waals surface area contributed by atoms with E-state index in [4.69, 9.17) is 9.47 Å². The molecule has 1 spiro atoms. The van der Waals surface area contributed by atoms with Crippen LogP contribution in [0.3, 0.4) is 0 Å². The van der Waals surface area contributed by atoms with Crippen LogP contribution in [0.15, 0.2) is 29.6 Å². The molecule has 3 fully saturated rings. The van der Waals surface area contributed by atoms with Crippen LogP contribution < -0.4 is 4.74 Å². The molecule has 36 heavy (non-hydrogen) atoms. The molecule has 3 saturated heterocycles. The standard InChI is InChI=1S/C28H40N4O3S/c1-23-29-26(21-36-23)27(33)32-18-20-35-28(22-32)10-15-31(16-11-28)17-19-34-25-7-5-24(6-8-25)9-14-30-12-3-2-4-13-30/h5-8,21H,2-4,9-20,22H2,1H3. The van der Waals surface area contributed by atoms with Crippen molar-refractivity contribution in [3.05, 3.63) is 45.9 Å². The summed E-state index contributed by atoms with van der Waals surface area (Å²) in [6, 6.07) is 8.65. The summed E-state index contributed by atoms with van der Waals surface area (Å²) < 4.78 is 12.3. The number of thiazole rings is 1. The molecule has 0 saturated carbocycles. The van der Waals surface area contributed by atoms with Crippen LogP contribution in [0.5, 0.6) is 5.75 Å². The van der Waals surface area contributed by atoms with Crippen LogP contribution in [-0.4, -0.2) is 96.8 Å². The number of aryl methyl sites for hydroxylation is 1. The first kappa shape index (κ1) is 25.6. The maximum Gasteiger partial charge on any atom is 0.273 e. The van der Waals surface area contributed by atoms with Gasteiger partial charge in [0.2, 0.25) is 0 Å². The zero-order valence-corrected chi connectivity index (χ0v) is 22.4. The number of morpholine rings is 1. The monoisotopic (exact) mass is 512 g/mol. The van der Waals surface area contributed by atoms with Gasteiger partial charge in [-0.1, -0.05) is 18.6 Å². The predicted molar refractivity (Wildman–Crippen MR) is 143 cm³/mol. The SMILES string of the molecule is Cc1nc(C(=O)N2CCOC3(CCN(CCOc4ccc(CCN5CCCCC5)cc4)CC3)C2)cs1. The molecular formula is C28H40N4O3S. The molecule has 3 aliphatic rings. The summed E-state index contributed by atoms with van der Waals surface area (Å²) in [6.45, 7) is 11.1. The fraction of sp³-hybridized carbons (Fsp3) is 0.643. The summed E-state index contributed by atoms with van der Waals surface area (Å²) in [5, 5.41) is 2.80. The molecule has 8 heteroatoms. The summed E-state index contributed by atoms with van der Waals surface area (Å²) >= 11 is 1.53. The first-order chi connectivity index (χ1) is 17.6. The second-order valence-corrected chi connectivity index (χ2v) is 11.6. The van der Waals surface area contributed by atoms with Crippen LogP contribution in [0.1, 0.15) is 53.2 Å². The van der Waals surface area contributed by atoms with E-state index in [9.17, 15) is 4.79 Å². The Kier molecular flexibility index (Phi) is 8.57. The van der Waals surface area contributed by atoms with Crippen molar-refractivity contribution in [2.24, 2.45) is 0 Å². The highest BCUT2D eigenvalue weighted by Crippen LogP contribution is 2.31. The zero-order chi connectivity index (χ0) is 24.8. The molecule has 7 nitrogen and oxygen atoms in total. The van der Waals surface area contributed by atoms with Crippen molar-refractivity contribution >= 4 is 17.2 Å². The Bertz CT molecular complexity index is 981. The number of carbonyl (C=O) groups excluding carboxylic acids is 1. The average molecular weight is 513 g/mol. The Labute approximate surface area is 219 Å². The molecule has 0 radical (unpaired) electrons. The smallest absolute Gasteiger partial charge is 0.273 e. The van der Waals surface area contributed by atoms with E-state index in [0.29, 0.717) is 32.0 Å². The van der Waals surface area contributed by atoms with Gasteiger partial charge in [-0.25, -0.2) is 4.98 Å². The van der Waals surface area contributed by atoms with Crippen LogP contribution in [-0.2, 0) is 11.2 Å². The van der Waals surface area contributed by atoms with E-state index in [-0.39, 0.29) is 11.5 Å². The maximum absolute atomic E-state index is 12.9. The average Bonchev–Trinajstić information content (AvgIpc) is 3.36. The molecule has 196 valence electrons. The Morgan fingerprint density at radius 2 is 1.78 bits per heavy atom. The first-order valence-corrected chi connectivity index (χ1v) is 14.5. The van der Waals surface area contributed by atoms with Gasteiger partial charge < -0.3 is 19.3 Å². The number of carbonyl (C=O) groups is 1. The Balaban J connectivity index is 1.02. The van der Waals surface area contributed by atoms with Gasteiger partial charge in [0.1, 0.15) is 18.1 Å². The molecule has 1 aromatic heterocycles. The molecule has 0 aliphatic carbocycles. The summed E-state index contributed by atoms with van der Waals surface area (Å²) in [5.41, 5.74) is 1.73. The third-order valence-corrected chi connectivity index (χ3v) is 8.68. The minimum absolute atomic E-state index is 0.0374. The van der Waals surface area contributed by atoms with E-state index in [0.717, 1.165) is 56.2 Å². The van der Waals surface area contributed by atoms with Crippen molar-refractivity contribution in [1.29, 1.82) is 0 Å². The van der Waals surface area contributed by atoms with Gasteiger partial charge in [0.15, 0.2) is 0 Å². The Morgan fingerprint density at radius 3 is 2.50 bits per heavy atom. The predicted octanol–water partition coefficient (Wildman–Crippen LogP) is 3.87. The molecular weight excluding hydrogens is 472 g/mol. The van der Waals surface area contributed by atoms with Crippen LogP contribution in [0.4, 0.5) is 0 Å². The fourth-order valence-electron chi connectivity index (χ4n) is 5.64. The fourth-order valence-corrected chi connectivity index (χ4v) is 6.23. The van der Waals surface area contributed by atoms with Gasteiger partial charge in [0, 0.05) is 38.1 Å². The number of hydrogen-bond acceptors (Lipinski definition) is 7.